The number of rotatable bonds is 6. The van der Waals surface area contributed by atoms with Crippen LogP contribution in [0.1, 0.15) is 36.7 Å². The van der Waals surface area contributed by atoms with Crippen LogP contribution in [0.2, 0.25) is 0 Å². The SMILES string of the molecule is COc1cc2nc(CN)n(Cc3ccc(C(C)C)cc3)c2cc1OC. The predicted octanol–water partition coefficient (Wildman–Crippen LogP) is 3.68. The fourth-order valence-corrected chi connectivity index (χ4v) is 3.02. The van der Waals surface area contributed by atoms with E-state index in [0.717, 1.165) is 23.4 Å². The van der Waals surface area contributed by atoms with Gasteiger partial charge in [-0.2, -0.15) is 0 Å². The number of ether oxygens (including phenoxy) is 2. The Balaban J connectivity index is 2.04. The van der Waals surface area contributed by atoms with Crippen LogP contribution in [0.25, 0.3) is 11.0 Å². The lowest BCUT2D eigenvalue weighted by atomic mass is 10.0. The molecule has 2 aromatic carbocycles. The van der Waals surface area contributed by atoms with Crippen LogP contribution in [0, 0.1) is 0 Å². The van der Waals surface area contributed by atoms with Crippen LogP contribution in [-0.2, 0) is 13.1 Å². The molecule has 0 bridgehead atoms. The summed E-state index contributed by atoms with van der Waals surface area (Å²) in [6.45, 7) is 5.50. The van der Waals surface area contributed by atoms with Crippen molar-refractivity contribution < 1.29 is 9.47 Å². The highest BCUT2D eigenvalue weighted by Crippen LogP contribution is 2.32. The number of methoxy groups -OCH3 is 2. The lowest BCUT2D eigenvalue weighted by Crippen LogP contribution is -2.09. The van der Waals surface area contributed by atoms with E-state index in [9.17, 15) is 0 Å². The molecule has 5 nitrogen and oxygen atoms in total. The molecule has 0 amide bonds. The van der Waals surface area contributed by atoms with Crippen LogP contribution in [0.5, 0.6) is 11.5 Å². The molecule has 25 heavy (non-hydrogen) atoms. The highest BCUT2D eigenvalue weighted by atomic mass is 16.5. The molecule has 0 aliphatic carbocycles. The van der Waals surface area contributed by atoms with Crippen molar-refractivity contribution in [1.82, 2.24) is 9.55 Å². The van der Waals surface area contributed by atoms with Crippen LogP contribution in [0.15, 0.2) is 36.4 Å². The Hall–Kier alpha value is -2.53. The first kappa shape index (κ1) is 17.3. The monoisotopic (exact) mass is 339 g/mol. The largest absolute Gasteiger partial charge is 0.493 e. The van der Waals surface area contributed by atoms with Crippen LogP contribution >= 0.6 is 0 Å². The molecule has 1 heterocycles. The zero-order valence-corrected chi connectivity index (χ0v) is 15.2. The van der Waals surface area contributed by atoms with E-state index in [0.29, 0.717) is 24.0 Å². The molecule has 0 spiro atoms. The maximum atomic E-state index is 5.93. The highest BCUT2D eigenvalue weighted by molar-refractivity contribution is 5.80. The third kappa shape index (κ3) is 3.33. The van der Waals surface area contributed by atoms with Crippen molar-refractivity contribution in [2.75, 3.05) is 14.2 Å². The number of fused-ring (bicyclic) bond motifs is 1. The number of hydrogen-bond donors (Lipinski definition) is 1. The zero-order chi connectivity index (χ0) is 18.0. The summed E-state index contributed by atoms with van der Waals surface area (Å²) in [6, 6.07) is 12.6. The summed E-state index contributed by atoms with van der Waals surface area (Å²) < 4.78 is 13.0. The molecule has 0 saturated heterocycles. The number of hydrogen-bond acceptors (Lipinski definition) is 4. The minimum atomic E-state index is 0.378. The average Bonchev–Trinajstić information content (AvgIpc) is 2.97. The normalized spacial score (nSPS) is 11.3. The molecule has 3 rings (SSSR count). The zero-order valence-electron chi connectivity index (χ0n) is 15.2. The van der Waals surface area contributed by atoms with Gasteiger partial charge in [0.25, 0.3) is 0 Å². The maximum Gasteiger partial charge on any atom is 0.163 e. The molecular formula is C20H25N3O2. The van der Waals surface area contributed by atoms with E-state index in [1.54, 1.807) is 14.2 Å². The Labute approximate surface area is 148 Å². The predicted molar refractivity (Wildman–Crippen MR) is 100 cm³/mol. The molecule has 0 aliphatic heterocycles. The first-order valence-corrected chi connectivity index (χ1v) is 8.47. The van der Waals surface area contributed by atoms with Gasteiger partial charge in [0.2, 0.25) is 0 Å². The van der Waals surface area contributed by atoms with Crippen molar-refractivity contribution in [2.24, 2.45) is 5.73 Å². The van der Waals surface area contributed by atoms with Crippen molar-refractivity contribution in [3.8, 4) is 11.5 Å². The Morgan fingerprint density at radius 1 is 1.04 bits per heavy atom. The Bertz CT molecular complexity index is 867. The van der Waals surface area contributed by atoms with E-state index in [1.165, 1.54) is 11.1 Å². The van der Waals surface area contributed by atoms with Gasteiger partial charge >= 0.3 is 0 Å². The molecule has 3 aromatic rings. The van der Waals surface area contributed by atoms with Crippen LogP contribution in [0.4, 0.5) is 0 Å². The molecule has 132 valence electrons. The lowest BCUT2D eigenvalue weighted by Gasteiger charge is -2.12. The lowest BCUT2D eigenvalue weighted by molar-refractivity contribution is 0.355. The first-order chi connectivity index (χ1) is 12.1. The van der Waals surface area contributed by atoms with Gasteiger partial charge < -0.3 is 19.8 Å². The Morgan fingerprint density at radius 3 is 2.24 bits per heavy atom. The van der Waals surface area contributed by atoms with E-state index in [-0.39, 0.29) is 0 Å². The molecule has 0 saturated carbocycles. The van der Waals surface area contributed by atoms with E-state index in [2.05, 4.69) is 47.7 Å². The van der Waals surface area contributed by atoms with Gasteiger partial charge in [0, 0.05) is 18.7 Å². The number of benzene rings is 2. The van der Waals surface area contributed by atoms with Crippen LogP contribution in [-0.4, -0.2) is 23.8 Å². The van der Waals surface area contributed by atoms with Crippen molar-refractivity contribution in [3.05, 3.63) is 53.3 Å². The van der Waals surface area contributed by atoms with Crippen molar-refractivity contribution in [1.29, 1.82) is 0 Å². The number of imidazole rings is 1. The van der Waals surface area contributed by atoms with Crippen molar-refractivity contribution >= 4 is 11.0 Å². The molecule has 2 N–H and O–H groups in total. The molecule has 0 atom stereocenters. The Morgan fingerprint density at radius 2 is 1.68 bits per heavy atom. The molecule has 0 fully saturated rings. The van der Waals surface area contributed by atoms with Gasteiger partial charge in [-0.05, 0) is 17.0 Å². The fraction of sp³-hybridized carbons (Fsp3) is 0.350. The molecular weight excluding hydrogens is 314 g/mol. The van der Waals surface area contributed by atoms with Gasteiger partial charge in [-0.1, -0.05) is 38.1 Å². The molecule has 0 radical (unpaired) electrons. The van der Waals surface area contributed by atoms with Gasteiger partial charge in [0.1, 0.15) is 5.82 Å². The topological polar surface area (TPSA) is 62.3 Å². The van der Waals surface area contributed by atoms with Gasteiger partial charge in [0.05, 0.1) is 31.8 Å². The maximum absolute atomic E-state index is 5.93. The first-order valence-electron chi connectivity index (χ1n) is 8.47. The summed E-state index contributed by atoms with van der Waals surface area (Å²) in [5.41, 5.74) is 10.3. The third-order valence-electron chi connectivity index (χ3n) is 4.50. The summed E-state index contributed by atoms with van der Waals surface area (Å²) in [7, 11) is 3.26. The number of nitrogens with two attached hydrogens (primary N) is 1. The molecule has 1 aromatic heterocycles. The minimum Gasteiger partial charge on any atom is -0.493 e. The summed E-state index contributed by atoms with van der Waals surface area (Å²) in [4.78, 5) is 4.66. The van der Waals surface area contributed by atoms with E-state index in [4.69, 9.17) is 15.2 Å². The Kier molecular flexibility index (Phi) is 4.95. The summed E-state index contributed by atoms with van der Waals surface area (Å²) in [5, 5.41) is 0. The molecule has 5 heteroatoms. The minimum absolute atomic E-state index is 0.378. The second-order valence-corrected chi connectivity index (χ2v) is 6.41. The number of aromatic nitrogens is 2. The quantitative estimate of drug-likeness (QED) is 0.744. The number of nitrogens with zero attached hydrogens (tertiary/aromatic N) is 2. The van der Waals surface area contributed by atoms with Gasteiger partial charge in [-0.15, -0.1) is 0 Å². The second-order valence-electron chi connectivity index (χ2n) is 6.41. The van der Waals surface area contributed by atoms with Crippen LogP contribution in [0.3, 0.4) is 0 Å². The van der Waals surface area contributed by atoms with E-state index >= 15 is 0 Å². The molecule has 0 unspecified atom stereocenters. The van der Waals surface area contributed by atoms with Gasteiger partial charge in [-0.3, -0.25) is 0 Å². The standard InChI is InChI=1S/C20H25N3O2/c1-13(2)15-7-5-14(6-8-15)12-23-17-10-19(25-4)18(24-3)9-16(17)22-20(23)11-21/h5-10,13H,11-12,21H2,1-4H3. The van der Waals surface area contributed by atoms with Gasteiger partial charge in [-0.25, -0.2) is 4.98 Å². The third-order valence-corrected chi connectivity index (χ3v) is 4.50. The van der Waals surface area contributed by atoms with Crippen molar-refractivity contribution in [3.63, 3.8) is 0 Å². The second kappa shape index (κ2) is 7.15. The van der Waals surface area contributed by atoms with E-state index in [1.807, 2.05) is 12.1 Å². The fourth-order valence-electron chi connectivity index (χ4n) is 3.02. The summed E-state index contributed by atoms with van der Waals surface area (Å²) in [5.74, 6) is 2.73. The smallest absolute Gasteiger partial charge is 0.163 e. The van der Waals surface area contributed by atoms with Crippen LogP contribution < -0.4 is 15.2 Å². The average molecular weight is 339 g/mol. The highest BCUT2D eigenvalue weighted by Gasteiger charge is 2.15. The van der Waals surface area contributed by atoms with E-state index < -0.39 is 0 Å². The van der Waals surface area contributed by atoms with Crippen molar-refractivity contribution in [2.45, 2.75) is 32.9 Å². The molecule has 0 aliphatic rings. The summed E-state index contributed by atoms with van der Waals surface area (Å²) in [6.07, 6.45) is 0. The summed E-state index contributed by atoms with van der Waals surface area (Å²) >= 11 is 0. The van der Waals surface area contributed by atoms with Gasteiger partial charge in [0.15, 0.2) is 11.5 Å².